The van der Waals surface area contributed by atoms with Crippen molar-refractivity contribution < 1.29 is 22.3 Å². The molecule has 102 valence electrons. The molecule has 5 nitrogen and oxygen atoms in total. The van der Waals surface area contributed by atoms with Crippen LogP contribution in [0.4, 0.5) is 8.78 Å². The zero-order valence-electron chi connectivity index (χ0n) is 9.51. The Kier molecular flexibility index (Phi) is 3.69. The molecule has 0 unspecified atom stereocenters. The minimum Gasteiger partial charge on any atom is -0.390 e. The van der Waals surface area contributed by atoms with Crippen LogP contribution in [0.25, 0.3) is 0 Å². The predicted molar refractivity (Wildman–Crippen MR) is 59.8 cm³/mol. The SMILES string of the molecule is O=S(=O)(NCC(F)F)c1cc(CO)n(C2CC2)c1. The number of nitrogens with zero attached hydrogens (tertiary/aromatic N) is 1. The zero-order valence-corrected chi connectivity index (χ0v) is 10.3. The standard InChI is InChI=1S/C10H14F2N2O3S/c11-10(12)4-13-18(16,17)9-3-8(6-15)14(5-9)7-1-2-7/h3,5,7,10,13,15H,1-2,4,6H2. The van der Waals surface area contributed by atoms with Crippen LogP contribution in [-0.2, 0) is 16.6 Å². The van der Waals surface area contributed by atoms with E-state index in [-0.39, 0.29) is 17.5 Å². The van der Waals surface area contributed by atoms with E-state index in [0.29, 0.717) is 5.69 Å². The zero-order chi connectivity index (χ0) is 13.3. The van der Waals surface area contributed by atoms with Gasteiger partial charge in [0.15, 0.2) is 0 Å². The van der Waals surface area contributed by atoms with Crippen LogP contribution in [0.3, 0.4) is 0 Å². The van der Waals surface area contributed by atoms with Crippen LogP contribution in [0.15, 0.2) is 17.2 Å². The summed E-state index contributed by atoms with van der Waals surface area (Å²) in [4.78, 5) is -0.0842. The maximum Gasteiger partial charge on any atom is 0.251 e. The Morgan fingerprint density at radius 2 is 2.17 bits per heavy atom. The number of aliphatic hydroxyl groups is 1. The largest absolute Gasteiger partial charge is 0.390 e. The second-order valence-corrected chi connectivity index (χ2v) is 5.97. The highest BCUT2D eigenvalue weighted by Gasteiger charge is 2.28. The molecule has 0 aromatic carbocycles. The van der Waals surface area contributed by atoms with Crippen molar-refractivity contribution in [3.63, 3.8) is 0 Å². The van der Waals surface area contributed by atoms with Crippen molar-refractivity contribution in [2.75, 3.05) is 6.54 Å². The summed E-state index contributed by atoms with van der Waals surface area (Å²) >= 11 is 0. The maximum atomic E-state index is 12.0. The lowest BCUT2D eigenvalue weighted by atomic mass is 10.4. The first kappa shape index (κ1) is 13.4. The van der Waals surface area contributed by atoms with Gasteiger partial charge in [0.25, 0.3) is 6.43 Å². The fourth-order valence-corrected chi connectivity index (χ4v) is 2.77. The van der Waals surface area contributed by atoms with E-state index in [4.69, 9.17) is 5.11 Å². The number of nitrogens with one attached hydrogen (secondary N) is 1. The summed E-state index contributed by atoms with van der Waals surface area (Å²) in [5.74, 6) is 0. The van der Waals surface area contributed by atoms with Crippen LogP contribution in [0.2, 0.25) is 0 Å². The minimum atomic E-state index is -3.93. The van der Waals surface area contributed by atoms with E-state index in [9.17, 15) is 17.2 Å². The van der Waals surface area contributed by atoms with E-state index in [0.717, 1.165) is 12.8 Å². The molecule has 0 atom stereocenters. The number of hydrogen-bond donors (Lipinski definition) is 2. The van der Waals surface area contributed by atoms with Crippen molar-refractivity contribution in [2.45, 2.75) is 36.8 Å². The van der Waals surface area contributed by atoms with Crippen molar-refractivity contribution in [1.82, 2.24) is 9.29 Å². The molecule has 1 aliphatic carbocycles. The monoisotopic (exact) mass is 280 g/mol. The molecule has 1 fully saturated rings. The van der Waals surface area contributed by atoms with E-state index >= 15 is 0 Å². The first-order valence-electron chi connectivity index (χ1n) is 5.53. The number of halogens is 2. The average Bonchev–Trinajstić information content (AvgIpc) is 3.05. The molecule has 2 rings (SSSR count). The topological polar surface area (TPSA) is 71.3 Å². The fourth-order valence-electron chi connectivity index (χ4n) is 1.72. The number of alkyl halides is 2. The smallest absolute Gasteiger partial charge is 0.251 e. The molecule has 0 radical (unpaired) electrons. The maximum absolute atomic E-state index is 12.0. The summed E-state index contributed by atoms with van der Waals surface area (Å²) in [6.45, 7) is -1.19. The van der Waals surface area contributed by atoms with Gasteiger partial charge in [-0.15, -0.1) is 0 Å². The molecule has 1 saturated carbocycles. The van der Waals surface area contributed by atoms with E-state index in [1.54, 1.807) is 4.57 Å². The molecule has 1 aliphatic rings. The highest BCUT2D eigenvalue weighted by molar-refractivity contribution is 7.89. The van der Waals surface area contributed by atoms with Gasteiger partial charge < -0.3 is 9.67 Å². The molecule has 1 aromatic rings. The Hall–Kier alpha value is -0.990. The minimum absolute atomic E-state index is 0.0842. The molecule has 0 bridgehead atoms. The fraction of sp³-hybridized carbons (Fsp3) is 0.600. The van der Waals surface area contributed by atoms with Gasteiger partial charge in [-0.05, 0) is 18.9 Å². The van der Waals surface area contributed by atoms with Crippen LogP contribution in [0.5, 0.6) is 0 Å². The molecule has 0 amide bonds. The number of hydrogen-bond acceptors (Lipinski definition) is 3. The van der Waals surface area contributed by atoms with Crippen molar-refractivity contribution in [3.8, 4) is 0 Å². The van der Waals surface area contributed by atoms with Gasteiger partial charge >= 0.3 is 0 Å². The van der Waals surface area contributed by atoms with Gasteiger partial charge in [0.2, 0.25) is 10.0 Å². The third-order valence-electron chi connectivity index (χ3n) is 2.75. The highest BCUT2D eigenvalue weighted by atomic mass is 32.2. The molecule has 18 heavy (non-hydrogen) atoms. The van der Waals surface area contributed by atoms with Crippen LogP contribution in [0.1, 0.15) is 24.6 Å². The molecular formula is C10H14F2N2O3S. The molecule has 1 heterocycles. The van der Waals surface area contributed by atoms with Crippen molar-refractivity contribution in [2.24, 2.45) is 0 Å². The molecule has 8 heteroatoms. The third kappa shape index (κ3) is 2.88. The highest BCUT2D eigenvalue weighted by Crippen LogP contribution is 2.37. The second kappa shape index (κ2) is 4.94. The lowest BCUT2D eigenvalue weighted by molar-refractivity contribution is 0.153. The quantitative estimate of drug-likeness (QED) is 0.812. The summed E-state index contributed by atoms with van der Waals surface area (Å²) in [7, 11) is -3.93. The van der Waals surface area contributed by atoms with Crippen molar-refractivity contribution >= 4 is 10.0 Å². The Bertz CT molecular complexity index is 523. The lowest BCUT2D eigenvalue weighted by Gasteiger charge is -2.04. The van der Waals surface area contributed by atoms with Gasteiger partial charge in [0.1, 0.15) is 0 Å². The Morgan fingerprint density at radius 1 is 1.50 bits per heavy atom. The van der Waals surface area contributed by atoms with Crippen molar-refractivity contribution in [1.29, 1.82) is 0 Å². The molecule has 0 saturated heterocycles. The lowest BCUT2D eigenvalue weighted by Crippen LogP contribution is -2.28. The van der Waals surface area contributed by atoms with Crippen LogP contribution < -0.4 is 4.72 Å². The number of rotatable bonds is 6. The molecular weight excluding hydrogens is 266 g/mol. The summed E-state index contributed by atoms with van der Waals surface area (Å²) in [6.07, 6.45) is 0.525. The van der Waals surface area contributed by atoms with Crippen LogP contribution >= 0.6 is 0 Å². The van der Waals surface area contributed by atoms with Gasteiger partial charge in [-0.3, -0.25) is 0 Å². The van der Waals surface area contributed by atoms with E-state index < -0.39 is 23.0 Å². The molecule has 1 aromatic heterocycles. The average molecular weight is 280 g/mol. The first-order chi connectivity index (χ1) is 8.44. The Labute approximate surface area is 103 Å². The summed E-state index contributed by atoms with van der Waals surface area (Å²) < 4.78 is 51.0. The molecule has 0 aliphatic heterocycles. The number of aromatic nitrogens is 1. The summed E-state index contributed by atoms with van der Waals surface area (Å²) in [5, 5.41) is 9.14. The number of aliphatic hydroxyl groups excluding tert-OH is 1. The van der Waals surface area contributed by atoms with Crippen molar-refractivity contribution in [3.05, 3.63) is 18.0 Å². The van der Waals surface area contributed by atoms with Gasteiger partial charge in [-0.1, -0.05) is 0 Å². The van der Waals surface area contributed by atoms with Gasteiger partial charge in [-0.25, -0.2) is 21.9 Å². The normalized spacial score (nSPS) is 16.4. The van der Waals surface area contributed by atoms with Crippen LogP contribution in [0, 0.1) is 0 Å². The van der Waals surface area contributed by atoms with Crippen LogP contribution in [-0.4, -0.2) is 31.1 Å². The van der Waals surface area contributed by atoms with Gasteiger partial charge in [0.05, 0.1) is 18.0 Å². The van der Waals surface area contributed by atoms with E-state index in [1.165, 1.54) is 12.3 Å². The third-order valence-corrected chi connectivity index (χ3v) is 4.14. The first-order valence-corrected chi connectivity index (χ1v) is 7.02. The summed E-state index contributed by atoms with van der Waals surface area (Å²) in [6, 6.07) is 1.53. The van der Waals surface area contributed by atoms with E-state index in [1.807, 2.05) is 4.72 Å². The number of sulfonamides is 1. The Morgan fingerprint density at radius 3 is 2.67 bits per heavy atom. The van der Waals surface area contributed by atoms with Gasteiger partial charge in [0, 0.05) is 17.9 Å². The second-order valence-electron chi connectivity index (χ2n) is 4.21. The van der Waals surface area contributed by atoms with Gasteiger partial charge in [-0.2, -0.15) is 0 Å². The summed E-state index contributed by atoms with van der Waals surface area (Å²) in [5.41, 5.74) is 0.481. The predicted octanol–water partition coefficient (Wildman–Crippen LogP) is 0.859. The Balaban J connectivity index is 2.22. The molecule has 0 spiro atoms. The molecule has 2 N–H and O–H groups in total. The van der Waals surface area contributed by atoms with E-state index in [2.05, 4.69) is 0 Å².